The van der Waals surface area contributed by atoms with Crippen LogP contribution in [0.2, 0.25) is 0 Å². The molecule has 1 N–H and O–H groups in total. The van der Waals surface area contributed by atoms with Crippen LogP contribution < -0.4 is 5.32 Å². The van der Waals surface area contributed by atoms with Crippen LogP contribution in [0.25, 0.3) is 6.08 Å². The fraction of sp³-hybridized carbons (Fsp3) is 0.333. The summed E-state index contributed by atoms with van der Waals surface area (Å²) < 4.78 is 0. The molecule has 0 spiro atoms. The first kappa shape index (κ1) is 11.2. The van der Waals surface area contributed by atoms with E-state index in [1.807, 2.05) is 12.1 Å². The van der Waals surface area contributed by atoms with E-state index < -0.39 is 0 Å². The van der Waals surface area contributed by atoms with Gasteiger partial charge in [0.05, 0.1) is 0 Å². The standard InChI is InChI=1S/C15H15NO2/c17-14-8-7-12(15(18)16-14)9-11-6-5-10-3-1-2-4-13(10)11/h1-6,11-12H,7-9H2,(H,16,17,18). The van der Waals surface area contributed by atoms with Crippen LogP contribution in [0.15, 0.2) is 30.3 Å². The minimum absolute atomic E-state index is 0.0384. The average Bonchev–Trinajstić information content (AvgIpc) is 2.76. The van der Waals surface area contributed by atoms with E-state index in [1.54, 1.807) is 0 Å². The minimum Gasteiger partial charge on any atom is -0.296 e. The van der Waals surface area contributed by atoms with Gasteiger partial charge < -0.3 is 0 Å². The maximum absolute atomic E-state index is 11.7. The summed E-state index contributed by atoms with van der Waals surface area (Å²) in [6.07, 6.45) is 6.22. The van der Waals surface area contributed by atoms with Crippen LogP contribution in [0.5, 0.6) is 0 Å². The molecule has 1 aromatic carbocycles. The van der Waals surface area contributed by atoms with Crippen LogP contribution in [0.1, 0.15) is 36.3 Å². The molecule has 0 aromatic heterocycles. The highest BCUT2D eigenvalue weighted by Crippen LogP contribution is 2.36. The van der Waals surface area contributed by atoms with Crippen molar-refractivity contribution in [2.75, 3.05) is 0 Å². The third-order valence-corrected chi connectivity index (χ3v) is 3.80. The number of benzene rings is 1. The number of carbonyl (C=O) groups is 2. The number of amides is 2. The van der Waals surface area contributed by atoms with E-state index in [4.69, 9.17) is 0 Å². The Morgan fingerprint density at radius 2 is 2.06 bits per heavy atom. The highest BCUT2D eigenvalue weighted by atomic mass is 16.2. The van der Waals surface area contributed by atoms with Gasteiger partial charge in [-0.25, -0.2) is 0 Å². The number of allylic oxidation sites excluding steroid dienone is 1. The summed E-state index contributed by atoms with van der Waals surface area (Å²) in [5.41, 5.74) is 2.54. The average molecular weight is 241 g/mol. The van der Waals surface area contributed by atoms with Gasteiger partial charge in [-0.05, 0) is 24.0 Å². The van der Waals surface area contributed by atoms with Crippen molar-refractivity contribution >= 4 is 17.9 Å². The number of imide groups is 1. The van der Waals surface area contributed by atoms with Gasteiger partial charge in [-0.1, -0.05) is 36.4 Å². The second-order valence-corrected chi connectivity index (χ2v) is 4.98. The predicted octanol–water partition coefficient (Wildman–Crippen LogP) is 2.24. The SMILES string of the molecule is O=C1CCC(CC2C=Cc3ccccc32)C(=O)N1. The summed E-state index contributed by atoms with van der Waals surface area (Å²) >= 11 is 0. The van der Waals surface area contributed by atoms with Gasteiger partial charge in [0.15, 0.2) is 0 Å². The lowest BCUT2D eigenvalue weighted by Crippen LogP contribution is -2.41. The molecule has 1 saturated heterocycles. The molecule has 1 aromatic rings. The maximum Gasteiger partial charge on any atom is 0.229 e. The third-order valence-electron chi connectivity index (χ3n) is 3.80. The molecule has 0 bridgehead atoms. The first-order valence-electron chi connectivity index (χ1n) is 6.35. The minimum atomic E-state index is -0.140. The summed E-state index contributed by atoms with van der Waals surface area (Å²) in [7, 11) is 0. The summed E-state index contributed by atoms with van der Waals surface area (Å²) in [6.45, 7) is 0. The van der Waals surface area contributed by atoms with Crippen molar-refractivity contribution in [3.05, 3.63) is 41.5 Å². The van der Waals surface area contributed by atoms with Gasteiger partial charge in [-0.2, -0.15) is 0 Å². The Kier molecular flexibility index (Phi) is 2.74. The monoisotopic (exact) mass is 241 g/mol. The molecule has 1 fully saturated rings. The highest BCUT2D eigenvalue weighted by Gasteiger charge is 2.30. The molecule has 3 rings (SSSR count). The van der Waals surface area contributed by atoms with Crippen LogP contribution in [-0.4, -0.2) is 11.8 Å². The van der Waals surface area contributed by atoms with E-state index >= 15 is 0 Å². The second-order valence-electron chi connectivity index (χ2n) is 4.98. The van der Waals surface area contributed by atoms with Crippen molar-refractivity contribution < 1.29 is 9.59 Å². The van der Waals surface area contributed by atoms with E-state index in [0.717, 1.165) is 6.42 Å². The first-order valence-corrected chi connectivity index (χ1v) is 6.35. The topological polar surface area (TPSA) is 46.2 Å². The molecule has 18 heavy (non-hydrogen) atoms. The zero-order valence-electron chi connectivity index (χ0n) is 10.1. The maximum atomic E-state index is 11.7. The van der Waals surface area contributed by atoms with Gasteiger partial charge >= 0.3 is 0 Å². The molecule has 1 heterocycles. The van der Waals surface area contributed by atoms with Crippen LogP contribution in [0.3, 0.4) is 0 Å². The van der Waals surface area contributed by atoms with Gasteiger partial charge in [-0.3, -0.25) is 14.9 Å². The fourth-order valence-corrected chi connectivity index (χ4v) is 2.80. The fourth-order valence-electron chi connectivity index (χ4n) is 2.80. The summed E-state index contributed by atoms with van der Waals surface area (Å²) in [5, 5.41) is 2.43. The van der Waals surface area contributed by atoms with Crippen molar-refractivity contribution in [1.29, 1.82) is 0 Å². The van der Waals surface area contributed by atoms with Gasteiger partial charge in [0.2, 0.25) is 11.8 Å². The number of rotatable bonds is 2. The van der Waals surface area contributed by atoms with E-state index in [0.29, 0.717) is 18.8 Å². The molecule has 92 valence electrons. The van der Waals surface area contributed by atoms with Crippen molar-refractivity contribution in [2.45, 2.75) is 25.2 Å². The van der Waals surface area contributed by atoms with Gasteiger partial charge in [-0.15, -0.1) is 0 Å². The number of nitrogens with one attached hydrogen (secondary N) is 1. The quantitative estimate of drug-likeness (QED) is 0.807. The molecular weight excluding hydrogens is 226 g/mol. The zero-order valence-corrected chi connectivity index (χ0v) is 10.1. The van der Waals surface area contributed by atoms with E-state index in [9.17, 15) is 9.59 Å². The van der Waals surface area contributed by atoms with Crippen molar-refractivity contribution in [3.8, 4) is 0 Å². The lowest BCUT2D eigenvalue weighted by molar-refractivity contribution is -0.136. The van der Waals surface area contributed by atoms with Crippen molar-refractivity contribution in [3.63, 3.8) is 0 Å². The van der Waals surface area contributed by atoms with E-state index in [1.165, 1.54) is 11.1 Å². The molecule has 3 heteroatoms. The normalized spacial score (nSPS) is 26.0. The number of hydrogen-bond donors (Lipinski definition) is 1. The highest BCUT2D eigenvalue weighted by molar-refractivity contribution is 5.98. The van der Waals surface area contributed by atoms with Crippen LogP contribution in [-0.2, 0) is 9.59 Å². The molecule has 2 amide bonds. The molecule has 0 radical (unpaired) electrons. The predicted molar refractivity (Wildman–Crippen MR) is 68.7 cm³/mol. The molecule has 2 atom stereocenters. The smallest absolute Gasteiger partial charge is 0.229 e. The van der Waals surface area contributed by atoms with Crippen LogP contribution in [0.4, 0.5) is 0 Å². The summed E-state index contributed by atoms with van der Waals surface area (Å²) in [5.74, 6) is 0.0244. The lowest BCUT2D eigenvalue weighted by Gasteiger charge is -2.23. The van der Waals surface area contributed by atoms with E-state index in [2.05, 4.69) is 29.6 Å². The Morgan fingerprint density at radius 3 is 2.89 bits per heavy atom. The van der Waals surface area contributed by atoms with Crippen molar-refractivity contribution in [1.82, 2.24) is 5.32 Å². The Bertz CT molecular complexity index is 533. The second kappa shape index (κ2) is 4.41. The van der Waals surface area contributed by atoms with E-state index in [-0.39, 0.29) is 17.7 Å². The summed E-state index contributed by atoms with van der Waals surface area (Å²) in [6, 6.07) is 8.27. The van der Waals surface area contributed by atoms with Gasteiger partial charge in [0.25, 0.3) is 0 Å². The largest absolute Gasteiger partial charge is 0.296 e. The molecule has 2 unspecified atom stereocenters. The Morgan fingerprint density at radius 1 is 1.22 bits per heavy atom. The first-order chi connectivity index (χ1) is 8.74. The molecule has 2 aliphatic rings. The number of fused-ring (bicyclic) bond motifs is 1. The lowest BCUT2D eigenvalue weighted by atomic mass is 9.85. The molecule has 0 saturated carbocycles. The van der Waals surface area contributed by atoms with Gasteiger partial charge in [0.1, 0.15) is 0 Å². The summed E-state index contributed by atoms with van der Waals surface area (Å²) in [4.78, 5) is 22.9. The molecular formula is C15H15NO2. The molecule has 1 aliphatic heterocycles. The Labute approximate surface area is 106 Å². The Balaban J connectivity index is 1.73. The van der Waals surface area contributed by atoms with Crippen molar-refractivity contribution in [2.24, 2.45) is 5.92 Å². The third kappa shape index (κ3) is 1.96. The number of piperidine rings is 1. The number of hydrogen-bond acceptors (Lipinski definition) is 2. The van der Waals surface area contributed by atoms with Crippen LogP contribution >= 0.6 is 0 Å². The molecule has 1 aliphatic carbocycles. The zero-order chi connectivity index (χ0) is 12.5. The number of carbonyl (C=O) groups excluding carboxylic acids is 2. The molecule has 3 nitrogen and oxygen atoms in total. The Hall–Kier alpha value is -1.90. The van der Waals surface area contributed by atoms with Crippen LogP contribution in [0, 0.1) is 5.92 Å². The van der Waals surface area contributed by atoms with Gasteiger partial charge in [0, 0.05) is 18.3 Å².